The molecule has 30 unspecified atom stereocenters. The smallest absolute Gasteiger partial charge is 0.726 e. The summed E-state index contributed by atoms with van der Waals surface area (Å²) in [6, 6.07) is 0. The van der Waals surface area contributed by atoms with Crippen LogP contribution in [0.4, 0.5) is 0 Å². The van der Waals surface area contributed by atoms with Gasteiger partial charge < -0.3 is 144 Å². The summed E-state index contributed by atoms with van der Waals surface area (Å²) in [5.74, 6) is 0. The van der Waals surface area contributed by atoms with Gasteiger partial charge in [0.15, 0.2) is 68.3 Å². The minimum absolute atomic E-state index is 0. The monoisotopic (exact) mass is 1890 g/mol. The van der Waals surface area contributed by atoms with E-state index in [9.17, 15) is 163 Å². The van der Waals surface area contributed by atoms with Crippen molar-refractivity contribution < 1.29 is 523 Å². The Morgan fingerprint density at radius 3 is 0.550 bits per heavy atom. The molecule has 0 spiro atoms. The number of hydrogen-bond donors (Lipinski definition) is 9. The molecule has 57 nitrogen and oxygen atoms in total. The van der Waals surface area contributed by atoms with Gasteiger partial charge in [-0.15, -0.1) is 0 Å². The quantitative estimate of drug-likeness (QED) is 0.0246. The average Bonchev–Trinajstić information content (AvgIpc) is 0.756. The fourth-order valence-electron chi connectivity index (χ4n) is 11.0. The molecular formula is C36H51Na9O57S9. The average molecular weight is 1890 g/mol. The molecule has 22 fully saturated rings. The molecule has 0 aliphatic carbocycles. The van der Waals surface area contributed by atoms with Crippen molar-refractivity contribution in [2.45, 2.75) is 184 Å². The van der Waals surface area contributed by atoms with E-state index in [1.165, 1.54) is 0 Å². The topological polar surface area (TPSA) is 891 Å². The van der Waals surface area contributed by atoms with Crippen LogP contribution in [0.3, 0.4) is 0 Å². The Morgan fingerprint density at radius 1 is 0.198 bits per heavy atom. The fourth-order valence-corrected chi connectivity index (χ4v) is 15.3. The first-order chi connectivity index (χ1) is 46.6. The fraction of sp³-hybridized carbons (Fsp3) is 1.00. The molecule has 22 heterocycles. The predicted molar refractivity (Wildman–Crippen MR) is 273 cm³/mol. The Hall–Kier alpha value is 6.99. The molecule has 0 aromatic carbocycles. The van der Waals surface area contributed by atoms with Gasteiger partial charge in [0, 0.05) is 0 Å². The Bertz CT molecular complexity index is 3970. The van der Waals surface area contributed by atoms with Crippen molar-refractivity contribution in [3.05, 3.63) is 0 Å². The maximum Gasteiger partial charge on any atom is 1.00 e. The number of aliphatic hydroxyl groups is 9. The van der Waals surface area contributed by atoms with Gasteiger partial charge >= 0.3 is 266 Å². The van der Waals surface area contributed by atoms with Crippen molar-refractivity contribution in [2.24, 2.45) is 0 Å². The zero-order chi connectivity index (χ0) is 76.9. The Morgan fingerprint density at radius 2 is 0.342 bits per heavy atom. The molecule has 600 valence electrons. The first-order valence-corrected chi connectivity index (χ1v) is 38.9. The van der Waals surface area contributed by atoms with Crippen molar-refractivity contribution >= 4 is 93.6 Å². The van der Waals surface area contributed by atoms with E-state index in [2.05, 4.69) is 37.6 Å². The third-order valence-corrected chi connectivity index (χ3v) is 18.6. The largest absolute Gasteiger partial charge is 1.00 e. The second kappa shape index (κ2) is 49.7. The SMILES string of the molecule is O=S(=O)([O-])OC1C2OC(CO)C(OC3OC(CO)C(OC4OC(CO)C(OC5OC(CO)C(OC6OC(CO)C(OC7OC(CO)C(O2)C(OS(=O)(=O)[O-])C7OS(=O)(=O)[O-])C(OS(=O)(=O)[O-])C6OS(=O)(=O)[O-])C(OS(=O)(=O)[O-])C5O)C(OS(=O)(=O)[O-])C4OS(=O)(=O)[O-])C(O)C3OS(=O)(=O)[O-])C1O.[Na+].[Na+].[Na+].[Na+].[Na+].[Na+].[Na+].[Na+].[Na+]. The van der Waals surface area contributed by atoms with Crippen LogP contribution in [-0.4, -0.2) is 387 Å². The number of ether oxygens (including phenoxy) is 12. The standard InChI is InChI=1S/C36H60O57S9.9Na/c37-1-7-16-13(43)24(87-96(52,53)54)33(75-7)83-20-11(5-41)78-36(30(93-102(70,71)72)26(20)89-98(58,59)60)84-21-12(6-42)77-35(29(92-101(67,68)69)27(21)90-99(61,62)63)82-18-9(3-39)73-31(15(45)22(18)85-94(46,47)48)81-19-10(4-40)76-34(28(91-100(64,65)66)25(19)88-97(55,56)57)80-17-8(2-38)74-32(79-16)23(14(17)44)86-95(49,50)51;;;;;;;;;/h7-45H,1-6H2,(H,46,47,48)(H,49,50,51)(H,52,53,54)(H,55,56,57)(H,58,59,60)(H,61,62,63)(H,64,65,66)(H,67,68,69)(H,70,71,72);;;;;;;;;/q;9*+1/p-9. The molecule has 0 aromatic rings. The van der Waals surface area contributed by atoms with E-state index in [4.69, 9.17) is 56.8 Å². The molecule has 22 aliphatic heterocycles. The number of rotatable bonds is 24. The molecule has 0 amide bonds. The van der Waals surface area contributed by atoms with Gasteiger partial charge in [-0.1, -0.05) is 0 Å². The van der Waals surface area contributed by atoms with Crippen LogP contribution in [0.5, 0.6) is 0 Å². The molecule has 12 bridgehead atoms. The summed E-state index contributed by atoms with van der Waals surface area (Å²) in [4.78, 5) is 0. The van der Waals surface area contributed by atoms with E-state index in [1.54, 1.807) is 0 Å². The summed E-state index contributed by atoms with van der Waals surface area (Å²) < 4.78 is 441. The minimum atomic E-state index is -6.73. The van der Waals surface area contributed by atoms with Crippen LogP contribution in [0, 0.1) is 0 Å². The van der Waals surface area contributed by atoms with Crippen molar-refractivity contribution in [2.75, 3.05) is 39.6 Å². The predicted octanol–water partition coefficient (Wildman–Crippen LogP) is -44.7. The van der Waals surface area contributed by atoms with Crippen LogP contribution in [0.15, 0.2) is 0 Å². The van der Waals surface area contributed by atoms with E-state index in [1.807, 2.05) is 0 Å². The maximum atomic E-state index is 12.6. The summed E-state index contributed by atoms with van der Waals surface area (Å²) >= 11 is 0. The van der Waals surface area contributed by atoms with Crippen LogP contribution in [0.2, 0.25) is 0 Å². The summed E-state index contributed by atoms with van der Waals surface area (Å²) in [6.45, 7) is -11.2. The number of aliphatic hydroxyl groups excluding tert-OH is 9. The molecule has 22 aliphatic rings. The summed E-state index contributed by atoms with van der Waals surface area (Å²) in [6.07, 6.45) is -96.1. The molecule has 0 radical (unpaired) electrons. The van der Waals surface area contributed by atoms with Gasteiger partial charge in [0.2, 0.25) is 93.6 Å². The van der Waals surface area contributed by atoms with Gasteiger partial charge in [-0.3, -0.25) is 37.6 Å². The molecule has 22 rings (SSSR count). The Labute approximate surface area is 827 Å². The molecule has 22 saturated heterocycles. The molecule has 9 N–H and O–H groups in total. The van der Waals surface area contributed by atoms with E-state index >= 15 is 0 Å². The van der Waals surface area contributed by atoms with Crippen LogP contribution >= 0.6 is 0 Å². The van der Waals surface area contributed by atoms with Gasteiger partial charge in [0.25, 0.3) is 0 Å². The molecule has 0 aromatic heterocycles. The van der Waals surface area contributed by atoms with Crippen LogP contribution < -0.4 is 266 Å². The van der Waals surface area contributed by atoms with Gasteiger partial charge in [0.05, 0.1) is 39.6 Å². The van der Waals surface area contributed by atoms with E-state index in [0.717, 1.165) is 0 Å². The summed E-state index contributed by atoms with van der Waals surface area (Å²) in [5.41, 5.74) is 0. The van der Waals surface area contributed by atoms with Crippen molar-refractivity contribution in [3.8, 4) is 0 Å². The van der Waals surface area contributed by atoms with Gasteiger partial charge in [0.1, 0.15) is 116 Å². The maximum absolute atomic E-state index is 12.6. The zero-order valence-electron chi connectivity index (χ0n) is 57.9. The van der Waals surface area contributed by atoms with Crippen LogP contribution in [0.1, 0.15) is 0 Å². The zero-order valence-corrected chi connectivity index (χ0v) is 83.2. The van der Waals surface area contributed by atoms with Crippen molar-refractivity contribution in [3.63, 3.8) is 0 Å². The van der Waals surface area contributed by atoms with Crippen LogP contribution in [-0.2, 0) is 188 Å². The number of hydrogen-bond acceptors (Lipinski definition) is 57. The molecule has 75 heteroatoms. The molecular weight excluding hydrogens is 1840 g/mol. The van der Waals surface area contributed by atoms with E-state index < -0.39 is 317 Å². The first kappa shape index (κ1) is 122. The second-order valence-corrected chi connectivity index (χ2v) is 30.2. The summed E-state index contributed by atoms with van der Waals surface area (Å²) in [5, 5.41) is 99.6. The molecule has 30 atom stereocenters. The van der Waals surface area contributed by atoms with Crippen LogP contribution in [0.25, 0.3) is 0 Å². The molecule has 111 heavy (non-hydrogen) atoms. The van der Waals surface area contributed by atoms with Crippen molar-refractivity contribution in [1.82, 2.24) is 0 Å². The third-order valence-electron chi connectivity index (χ3n) is 14.5. The van der Waals surface area contributed by atoms with E-state index in [0.29, 0.717) is 0 Å². The normalized spacial score (nSPS) is 38.1. The second-order valence-electron chi connectivity index (χ2n) is 21.2. The first-order valence-electron chi connectivity index (χ1n) is 26.9. The Balaban J connectivity index is -0.0000130. The van der Waals surface area contributed by atoms with Gasteiger partial charge in [-0.25, -0.2) is 75.8 Å². The molecule has 0 saturated carbocycles. The Kier molecular flexibility index (Phi) is 54.7. The summed E-state index contributed by atoms with van der Waals surface area (Å²) in [7, 11) is -59.6. The van der Waals surface area contributed by atoms with Gasteiger partial charge in [-0.2, -0.15) is 0 Å². The van der Waals surface area contributed by atoms with Crippen molar-refractivity contribution in [1.29, 1.82) is 0 Å². The van der Waals surface area contributed by atoms with E-state index in [-0.39, 0.29) is 266 Å². The van der Waals surface area contributed by atoms with Gasteiger partial charge in [-0.05, 0) is 0 Å². The third kappa shape index (κ3) is 35.8. The minimum Gasteiger partial charge on any atom is -0.726 e.